The molecule has 1 amide bonds. The number of likely N-dealkylation sites (tertiary alicyclic amines) is 1. The van der Waals surface area contributed by atoms with Crippen LogP contribution in [-0.4, -0.2) is 84.3 Å². The van der Waals surface area contributed by atoms with Gasteiger partial charge in [-0.3, -0.25) is 14.6 Å². The largest absolute Gasteiger partial charge is 0.491 e. The number of ether oxygens (including phenoxy) is 2. The Bertz CT molecular complexity index is 1440. The van der Waals surface area contributed by atoms with E-state index < -0.39 is 5.91 Å². The average Bonchev–Trinajstić information content (AvgIpc) is 3.57. The second-order valence-electron chi connectivity index (χ2n) is 9.96. The SMILES string of the molecule is NC(=O)c1cc(-c2ccc(OCCN3CCCC3)c(Cl)c2)nc2c3c([nH]c12)=CC(N1CCOCC1)CC=3. The first-order valence-electron chi connectivity index (χ1n) is 13.1. The highest BCUT2D eigenvalue weighted by molar-refractivity contribution is 6.32. The molecule has 1 aromatic carbocycles. The van der Waals surface area contributed by atoms with E-state index in [1.54, 1.807) is 6.07 Å². The molecule has 3 aromatic rings. The van der Waals surface area contributed by atoms with Crippen molar-refractivity contribution < 1.29 is 14.3 Å². The number of aromatic amines is 1. The quantitative estimate of drug-likeness (QED) is 0.494. The maximum Gasteiger partial charge on any atom is 0.250 e. The van der Waals surface area contributed by atoms with Gasteiger partial charge in [0.05, 0.1) is 40.5 Å². The summed E-state index contributed by atoms with van der Waals surface area (Å²) in [4.78, 5) is 25.7. The number of rotatable bonds is 7. The maximum absolute atomic E-state index is 12.5. The summed E-state index contributed by atoms with van der Waals surface area (Å²) in [6.45, 7) is 7.11. The molecular weight excluding hydrogens is 490 g/mol. The van der Waals surface area contributed by atoms with E-state index in [9.17, 15) is 4.79 Å². The lowest BCUT2D eigenvalue weighted by Crippen LogP contribution is -2.45. The van der Waals surface area contributed by atoms with Crippen molar-refractivity contribution in [1.82, 2.24) is 19.8 Å². The lowest BCUT2D eigenvalue weighted by Gasteiger charge is -2.32. The Kier molecular flexibility index (Phi) is 6.90. The summed E-state index contributed by atoms with van der Waals surface area (Å²) in [5, 5.41) is 2.51. The molecule has 1 unspecified atom stereocenters. The van der Waals surface area contributed by atoms with Crippen LogP contribution in [0.3, 0.4) is 0 Å². The van der Waals surface area contributed by atoms with Gasteiger partial charge in [-0.15, -0.1) is 0 Å². The lowest BCUT2D eigenvalue weighted by molar-refractivity contribution is 0.0290. The van der Waals surface area contributed by atoms with E-state index in [1.807, 2.05) is 18.2 Å². The Morgan fingerprint density at radius 3 is 2.76 bits per heavy atom. The molecule has 0 radical (unpaired) electrons. The number of benzene rings is 1. The minimum atomic E-state index is -0.495. The molecule has 0 bridgehead atoms. The molecular formula is C28H32ClN5O3. The topological polar surface area (TPSA) is 96.7 Å². The van der Waals surface area contributed by atoms with Gasteiger partial charge in [0.25, 0.3) is 5.91 Å². The van der Waals surface area contributed by atoms with Gasteiger partial charge in [-0.05, 0) is 62.7 Å². The normalized spacial score (nSPS) is 20.4. The summed E-state index contributed by atoms with van der Waals surface area (Å²) in [6.07, 6.45) is 7.84. The first kappa shape index (κ1) is 24.4. The van der Waals surface area contributed by atoms with Crippen molar-refractivity contribution in [3.05, 3.63) is 45.4 Å². The van der Waals surface area contributed by atoms with E-state index in [1.165, 1.54) is 12.8 Å². The second kappa shape index (κ2) is 10.5. The van der Waals surface area contributed by atoms with E-state index in [2.05, 4.69) is 26.9 Å². The number of amides is 1. The predicted octanol–water partition coefficient (Wildman–Crippen LogP) is 2.12. The number of nitrogens with zero attached hydrogens (tertiary/aromatic N) is 3. The first-order chi connectivity index (χ1) is 18.1. The number of carbonyl (C=O) groups excluding carboxylic acids is 1. The number of primary amides is 1. The number of nitrogens with one attached hydrogen (secondary N) is 1. The fraction of sp³-hybridized carbons (Fsp3) is 0.429. The van der Waals surface area contributed by atoms with Gasteiger partial charge in [-0.2, -0.15) is 0 Å². The third-order valence-corrected chi connectivity index (χ3v) is 7.91. The zero-order valence-corrected chi connectivity index (χ0v) is 21.6. The number of hydrogen-bond acceptors (Lipinski definition) is 6. The maximum atomic E-state index is 12.5. The molecule has 4 heterocycles. The molecule has 2 fully saturated rings. The summed E-state index contributed by atoms with van der Waals surface area (Å²) < 4.78 is 11.5. The van der Waals surface area contributed by atoms with E-state index in [4.69, 9.17) is 31.8 Å². The molecule has 2 saturated heterocycles. The molecule has 2 aliphatic heterocycles. The Hall–Kier alpha value is -2.91. The summed E-state index contributed by atoms with van der Waals surface area (Å²) >= 11 is 6.59. The molecule has 8 nitrogen and oxygen atoms in total. The van der Waals surface area contributed by atoms with Gasteiger partial charge >= 0.3 is 0 Å². The zero-order chi connectivity index (χ0) is 25.4. The van der Waals surface area contributed by atoms with Crippen molar-refractivity contribution in [3.8, 4) is 17.0 Å². The van der Waals surface area contributed by atoms with E-state index >= 15 is 0 Å². The Morgan fingerprint density at radius 2 is 2.00 bits per heavy atom. The van der Waals surface area contributed by atoms with Gasteiger partial charge in [-0.1, -0.05) is 17.7 Å². The molecule has 3 aliphatic rings. The number of H-pyrrole nitrogens is 1. The van der Waals surface area contributed by atoms with Gasteiger partial charge in [0.15, 0.2) is 0 Å². The van der Waals surface area contributed by atoms with Crippen molar-refractivity contribution in [3.63, 3.8) is 0 Å². The van der Waals surface area contributed by atoms with Crippen LogP contribution in [0.25, 0.3) is 34.4 Å². The predicted molar refractivity (Wildman–Crippen MR) is 145 cm³/mol. The fourth-order valence-electron chi connectivity index (χ4n) is 5.61. The van der Waals surface area contributed by atoms with Gasteiger partial charge in [-0.25, -0.2) is 4.98 Å². The molecule has 1 atom stereocenters. The molecule has 3 N–H and O–H groups in total. The van der Waals surface area contributed by atoms with Crippen LogP contribution in [-0.2, 0) is 4.74 Å². The number of pyridine rings is 1. The van der Waals surface area contributed by atoms with Gasteiger partial charge in [0.2, 0.25) is 0 Å². The number of carbonyl (C=O) groups is 1. The average molecular weight is 522 g/mol. The molecule has 1 aliphatic carbocycles. The fourth-order valence-corrected chi connectivity index (χ4v) is 5.84. The minimum absolute atomic E-state index is 0.290. The zero-order valence-electron chi connectivity index (χ0n) is 20.8. The van der Waals surface area contributed by atoms with Crippen LogP contribution < -0.4 is 21.0 Å². The Balaban J connectivity index is 1.31. The van der Waals surface area contributed by atoms with Crippen LogP contribution in [0.5, 0.6) is 5.75 Å². The van der Waals surface area contributed by atoms with Gasteiger partial charge < -0.3 is 20.2 Å². The number of aromatic nitrogens is 2. The van der Waals surface area contributed by atoms with Crippen LogP contribution in [0.4, 0.5) is 0 Å². The number of halogens is 1. The minimum Gasteiger partial charge on any atom is -0.491 e. The van der Waals surface area contributed by atoms with Crippen molar-refractivity contribution in [2.75, 3.05) is 52.5 Å². The van der Waals surface area contributed by atoms with Crippen molar-refractivity contribution >= 4 is 40.7 Å². The van der Waals surface area contributed by atoms with Crippen LogP contribution >= 0.6 is 11.6 Å². The van der Waals surface area contributed by atoms with Crippen LogP contribution in [0.1, 0.15) is 29.6 Å². The highest BCUT2D eigenvalue weighted by Gasteiger charge is 2.22. The number of hydrogen-bond donors (Lipinski definition) is 2. The molecule has 9 heteroatoms. The summed E-state index contributed by atoms with van der Waals surface area (Å²) in [5.74, 6) is 0.155. The third-order valence-electron chi connectivity index (χ3n) is 7.62. The Labute approximate surface area is 220 Å². The van der Waals surface area contributed by atoms with Crippen LogP contribution in [0.2, 0.25) is 5.02 Å². The molecule has 0 spiro atoms. The number of nitrogens with two attached hydrogens (primary N) is 1. The van der Waals surface area contributed by atoms with Crippen molar-refractivity contribution in [1.29, 1.82) is 0 Å². The van der Waals surface area contributed by atoms with E-state index in [0.717, 1.165) is 74.0 Å². The smallest absolute Gasteiger partial charge is 0.250 e. The molecule has 0 saturated carbocycles. The van der Waals surface area contributed by atoms with Gasteiger partial charge in [0, 0.05) is 41.8 Å². The lowest BCUT2D eigenvalue weighted by atomic mass is 10.0. The molecule has 2 aromatic heterocycles. The highest BCUT2D eigenvalue weighted by atomic mass is 35.5. The van der Waals surface area contributed by atoms with E-state index in [-0.39, 0.29) is 6.04 Å². The Morgan fingerprint density at radius 1 is 1.19 bits per heavy atom. The molecule has 6 rings (SSSR count). The number of fused-ring (bicyclic) bond motifs is 3. The molecule has 194 valence electrons. The second-order valence-corrected chi connectivity index (χ2v) is 10.4. The van der Waals surface area contributed by atoms with E-state index in [0.29, 0.717) is 34.2 Å². The summed E-state index contributed by atoms with van der Waals surface area (Å²) in [6, 6.07) is 7.68. The van der Waals surface area contributed by atoms with Crippen LogP contribution in [0, 0.1) is 0 Å². The first-order valence-corrected chi connectivity index (χ1v) is 13.5. The van der Waals surface area contributed by atoms with Gasteiger partial charge in [0.1, 0.15) is 12.4 Å². The van der Waals surface area contributed by atoms with Crippen LogP contribution in [0.15, 0.2) is 24.3 Å². The third kappa shape index (κ3) is 4.99. The monoisotopic (exact) mass is 521 g/mol. The summed E-state index contributed by atoms with van der Waals surface area (Å²) in [7, 11) is 0. The number of morpholine rings is 1. The van der Waals surface area contributed by atoms with Crippen molar-refractivity contribution in [2.24, 2.45) is 5.73 Å². The van der Waals surface area contributed by atoms with Crippen molar-refractivity contribution in [2.45, 2.75) is 25.3 Å². The molecule has 37 heavy (non-hydrogen) atoms. The highest BCUT2D eigenvalue weighted by Crippen LogP contribution is 2.31. The summed E-state index contributed by atoms with van der Waals surface area (Å²) in [5.41, 5.74) is 9.11. The standard InChI is InChI=1S/C28H32ClN5O3/c29-22-15-18(3-6-25(22)37-14-9-33-7-1-2-8-33)23-17-21(28(30)35)27-26(31-23)20-5-4-19(16-24(20)32-27)34-10-12-36-13-11-34/h3,5-6,15-17,19,32H,1-2,4,7-14H2,(H2,30,35).